The summed E-state index contributed by atoms with van der Waals surface area (Å²) in [5.41, 5.74) is 0. The van der Waals surface area contributed by atoms with Crippen LogP contribution in [0, 0.1) is 0 Å². The number of hydrogen-bond acceptors (Lipinski definition) is 1. The van der Waals surface area contributed by atoms with Crippen molar-refractivity contribution in [1.29, 1.82) is 0 Å². The van der Waals surface area contributed by atoms with Gasteiger partial charge in [0, 0.05) is 0 Å². The minimum absolute atomic E-state index is 1.04. The minimum atomic E-state index is -2.68. The number of hydrogen-bond donors (Lipinski definition) is 1. The summed E-state index contributed by atoms with van der Waals surface area (Å²) in [7, 11) is 0. The first kappa shape index (κ1) is 10.5. The zero-order valence-electron chi connectivity index (χ0n) is 7.72. The molecule has 0 aliphatic heterocycles. The third kappa shape index (κ3) is 1.76. The van der Waals surface area contributed by atoms with Crippen molar-refractivity contribution in [2.45, 2.75) is 48.5 Å². The van der Waals surface area contributed by atoms with E-state index in [0.29, 0.717) is 0 Å². The Morgan fingerprint density at radius 2 is 1.00 bits per heavy atom. The average Bonchev–Trinajstić information content (AvgIpc) is 2.04. The van der Waals surface area contributed by atoms with Crippen LogP contribution in [0.15, 0.2) is 0 Å². The molecule has 0 aromatic carbocycles. The summed E-state index contributed by atoms with van der Waals surface area (Å²) in [6.45, 7) is 8.56. The molecule has 2 heteroatoms. The molecule has 0 fully saturated rings. The van der Waals surface area contributed by atoms with Crippen molar-refractivity contribution in [2.75, 3.05) is 0 Å². The molecular formula is C8H21AsO. The van der Waals surface area contributed by atoms with Gasteiger partial charge in [-0.2, -0.15) is 0 Å². The molecule has 1 nitrogen and oxygen atoms in total. The first-order chi connectivity index (χ1) is 4.54. The van der Waals surface area contributed by atoms with Gasteiger partial charge in [-0.3, -0.25) is 0 Å². The van der Waals surface area contributed by atoms with Gasteiger partial charge >= 0.3 is 65.4 Å². The van der Waals surface area contributed by atoms with Gasteiger partial charge in [-0.15, -0.1) is 0 Å². The second kappa shape index (κ2) is 3.28. The van der Waals surface area contributed by atoms with E-state index in [2.05, 4.69) is 27.7 Å². The summed E-state index contributed by atoms with van der Waals surface area (Å²) in [5, 5.41) is 4.18. The Morgan fingerprint density at radius 3 is 1.00 bits per heavy atom. The predicted octanol–water partition coefficient (Wildman–Crippen LogP) is 2.96. The Balaban J connectivity index is 4.42. The van der Waals surface area contributed by atoms with Gasteiger partial charge in [0.05, 0.1) is 0 Å². The van der Waals surface area contributed by atoms with E-state index in [1.54, 1.807) is 0 Å². The van der Waals surface area contributed by atoms with E-state index in [4.69, 9.17) is 0 Å². The van der Waals surface area contributed by atoms with Crippen LogP contribution in [0.25, 0.3) is 0 Å². The van der Waals surface area contributed by atoms with Crippen LogP contribution in [-0.2, 0) is 0 Å². The molecule has 0 saturated heterocycles. The van der Waals surface area contributed by atoms with Crippen molar-refractivity contribution in [3.05, 3.63) is 0 Å². The van der Waals surface area contributed by atoms with Crippen molar-refractivity contribution >= 4 is 12.8 Å². The molecule has 0 amide bonds. The van der Waals surface area contributed by atoms with Crippen LogP contribution < -0.4 is 0 Å². The summed E-state index contributed by atoms with van der Waals surface area (Å²) in [5.74, 6) is 0. The van der Waals surface area contributed by atoms with Crippen LogP contribution >= 0.6 is 0 Å². The van der Waals surface area contributed by atoms with Crippen molar-refractivity contribution in [3.63, 3.8) is 0 Å². The second-order valence-corrected chi connectivity index (χ2v) is 16.5. The standard InChI is InChI=1S/C8H21AsO/c1-5-9(10,6-2,7-3)8-4/h10H,5-8H2,1-4H3. The van der Waals surface area contributed by atoms with E-state index in [-0.39, 0.29) is 0 Å². The average molecular weight is 208 g/mol. The van der Waals surface area contributed by atoms with Gasteiger partial charge in [0.1, 0.15) is 0 Å². The molecule has 1 N–H and O–H groups in total. The molecule has 0 heterocycles. The first-order valence-electron chi connectivity index (χ1n) is 4.29. The summed E-state index contributed by atoms with van der Waals surface area (Å²) >= 11 is -2.68. The van der Waals surface area contributed by atoms with Crippen LogP contribution in [0.4, 0.5) is 0 Å². The monoisotopic (exact) mass is 208 g/mol. The summed E-state index contributed by atoms with van der Waals surface area (Å²) in [6.07, 6.45) is 0. The topological polar surface area (TPSA) is 20.2 Å². The van der Waals surface area contributed by atoms with Crippen LogP contribution in [0.1, 0.15) is 27.7 Å². The molecule has 0 rings (SSSR count). The van der Waals surface area contributed by atoms with Gasteiger partial charge < -0.3 is 0 Å². The van der Waals surface area contributed by atoms with Crippen molar-refractivity contribution in [3.8, 4) is 0 Å². The van der Waals surface area contributed by atoms with Gasteiger partial charge in [0.15, 0.2) is 0 Å². The summed E-state index contributed by atoms with van der Waals surface area (Å²) < 4.78 is 10.4. The van der Waals surface area contributed by atoms with Gasteiger partial charge in [-0.1, -0.05) is 0 Å². The normalized spacial score (nSPS) is 16.3. The molecule has 0 saturated carbocycles. The Morgan fingerprint density at radius 1 is 0.800 bits per heavy atom. The van der Waals surface area contributed by atoms with E-state index < -0.39 is 12.8 Å². The van der Waals surface area contributed by atoms with Crippen LogP contribution in [0.3, 0.4) is 0 Å². The zero-order valence-corrected chi connectivity index (χ0v) is 9.60. The molecule has 0 aliphatic carbocycles. The molecule has 0 aromatic heterocycles. The Bertz CT molecular complexity index is 84.3. The molecular weight excluding hydrogens is 187 g/mol. The molecule has 0 unspecified atom stereocenters. The summed E-state index contributed by atoms with van der Waals surface area (Å²) in [4.78, 5) is 0. The van der Waals surface area contributed by atoms with Crippen LogP contribution in [0.5, 0.6) is 0 Å². The predicted molar refractivity (Wildman–Crippen MR) is 49.9 cm³/mol. The molecule has 0 spiro atoms. The van der Waals surface area contributed by atoms with E-state index in [1.807, 2.05) is 0 Å². The van der Waals surface area contributed by atoms with Gasteiger partial charge in [-0.25, -0.2) is 0 Å². The fourth-order valence-corrected chi connectivity index (χ4v) is 6.97. The van der Waals surface area contributed by atoms with E-state index in [0.717, 1.165) is 20.8 Å². The number of rotatable bonds is 4. The first-order valence-corrected chi connectivity index (χ1v) is 10.4. The van der Waals surface area contributed by atoms with E-state index >= 15 is 0 Å². The fourth-order valence-electron chi connectivity index (χ4n) is 1.34. The van der Waals surface area contributed by atoms with Crippen molar-refractivity contribution in [2.24, 2.45) is 0 Å². The summed E-state index contributed by atoms with van der Waals surface area (Å²) in [6, 6.07) is 0. The van der Waals surface area contributed by atoms with E-state index in [9.17, 15) is 4.10 Å². The Hall–Kier alpha value is 0.518. The third-order valence-corrected chi connectivity index (χ3v) is 16.9. The molecule has 0 aliphatic rings. The maximum absolute atomic E-state index is 10.4. The SMILES string of the molecule is CC[As](O)(CC)(CC)CC. The zero-order chi connectivity index (χ0) is 8.28. The van der Waals surface area contributed by atoms with Crippen molar-refractivity contribution in [1.82, 2.24) is 0 Å². The van der Waals surface area contributed by atoms with Gasteiger partial charge in [0.2, 0.25) is 0 Å². The Kier molecular flexibility index (Phi) is 3.45. The van der Waals surface area contributed by atoms with Crippen LogP contribution in [0.2, 0.25) is 20.8 Å². The maximum atomic E-state index is 10.4. The molecule has 0 atom stereocenters. The van der Waals surface area contributed by atoms with Crippen molar-refractivity contribution < 1.29 is 4.10 Å². The van der Waals surface area contributed by atoms with Gasteiger partial charge in [0.25, 0.3) is 0 Å². The second-order valence-electron chi connectivity index (χ2n) is 3.17. The quantitative estimate of drug-likeness (QED) is 0.704. The van der Waals surface area contributed by atoms with E-state index in [1.165, 1.54) is 0 Å². The fraction of sp³-hybridized carbons (Fsp3) is 1.00. The van der Waals surface area contributed by atoms with Crippen LogP contribution in [-0.4, -0.2) is 16.9 Å². The van der Waals surface area contributed by atoms with Gasteiger partial charge in [-0.05, 0) is 0 Å². The molecule has 64 valence electrons. The molecule has 0 aromatic rings. The molecule has 10 heavy (non-hydrogen) atoms. The molecule has 0 radical (unpaired) electrons. The third-order valence-electron chi connectivity index (χ3n) is 3.25. The molecule has 0 bridgehead atoms. The Labute approximate surface area is 65.8 Å².